The predicted molar refractivity (Wildman–Crippen MR) is 111 cm³/mol. The summed E-state index contributed by atoms with van der Waals surface area (Å²) in [6.45, 7) is 6.52. The van der Waals surface area contributed by atoms with E-state index in [1.54, 1.807) is 6.20 Å². The Morgan fingerprint density at radius 3 is 2.50 bits per heavy atom. The van der Waals surface area contributed by atoms with E-state index in [-0.39, 0.29) is 29.2 Å². The Labute approximate surface area is 173 Å². The number of carbonyl (C=O) groups is 1. The van der Waals surface area contributed by atoms with Crippen LogP contribution in [0.5, 0.6) is 11.5 Å². The zero-order chi connectivity index (χ0) is 21.9. The van der Waals surface area contributed by atoms with Crippen molar-refractivity contribution in [2.24, 2.45) is 0 Å². The highest BCUT2D eigenvalue weighted by molar-refractivity contribution is 6.03. The number of rotatable bonds is 6. The highest BCUT2D eigenvalue weighted by Crippen LogP contribution is 2.28. The monoisotopic (exact) mass is 410 g/mol. The second kappa shape index (κ2) is 8.24. The number of nitro groups is 1. The Bertz CT molecular complexity index is 1070. The highest BCUT2D eigenvalue weighted by atomic mass is 16.6. The molecule has 0 saturated heterocycles. The molecular formula is C21H22N4O5. The molecule has 3 aromatic rings. The number of non-ortho nitro benzene ring substituents is 1. The Morgan fingerprint density at radius 1 is 1.20 bits per heavy atom. The molecule has 0 saturated carbocycles. The van der Waals surface area contributed by atoms with Crippen molar-refractivity contribution >= 4 is 17.3 Å². The second-order valence-electron chi connectivity index (χ2n) is 7.70. The summed E-state index contributed by atoms with van der Waals surface area (Å²) in [4.78, 5) is 22.4. The van der Waals surface area contributed by atoms with Gasteiger partial charge in [0.1, 0.15) is 11.5 Å². The van der Waals surface area contributed by atoms with E-state index in [2.05, 4.69) is 31.2 Å². The summed E-state index contributed by atoms with van der Waals surface area (Å²) >= 11 is 0. The zero-order valence-electron chi connectivity index (χ0n) is 16.8. The van der Waals surface area contributed by atoms with Gasteiger partial charge in [0, 0.05) is 12.3 Å². The summed E-state index contributed by atoms with van der Waals surface area (Å²) < 4.78 is 7.15. The van der Waals surface area contributed by atoms with E-state index in [0.717, 1.165) is 6.07 Å². The molecule has 0 aliphatic heterocycles. The fraction of sp³-hybridized carbons (Fsp3) is 0.238. The van der Waals surface area contributed by atoms with Gasteiger partial charge in [0.05, 0.1) is 16.7 Å². The van der Waals surface area contributed by atoms with Crippen LogP contribution >= 0.6 is 0 Å². The number of nitrogens with one attached hydrogen (secondary N) is 1. The minimum Gasteiger partial charge on any atom is -0.506 e. The summed E-state index contributed by atoms with van der Waals surface area (Å²) in [6.07, 6.45) is 1.59. The van der Waals surface area contributed by atoms with Gasteiger partial charge in [0.15, 0.2) is 12.4 Å². The molecule has 1 amide bonds. The van der Waals surface area contributed by atoms with Gasteiger partial charge in [-0.2, -0.15) is 5.10 Å². The van der Waals surface area contributed by atoms with Gasteiger partial charge in [-0.05, 0) is 35.2 Å². The third kappa shape index (κ3) is 4.93. The lowest BCUT2D eigenvalue weighted by Gasteiger charge is -2.19. The Hall–Kier alpha value is -3.88. The van der Waals surface area contributed by atoms with Crippen molar-refractivity contribution in [2.45, 2.75) is 32.9 Å². The second-order valence-corrected chi connectivity index (χ2v) is 7.70. The Kier molecular flexibility index (Phi) is 5.72. The fourth-order valence-electron chi connectivity index (χ4n) is 2.67. The van der Waals surface area contributed by atoms with Crippen LogP contribution in [0.15, 0.2) is 54.7 Å². The summed E-state index contributed by atoms with van der Waals surface area (Å²) in [5.74, 6) is -0.285. The minimum atomic E-state index is -0.635. The number of amides is 1. The summed E-state index contributed by atoms with van der Waals surface area (Å²) in [7, 11) is 0. The van der Waals surface area contributed by atoms with Gasteiger partial charge in [-0.3, -0.25) is 14.9 Å². The van der Waals surface area contributed by atoms with Crippen molar-refractivity contribution < 1.29 is 19.6 Å². The van der Waals surface area contributed by atoms with Gasteiger partial charge in [0.2, 0.25) is 0 Å². The number of aromatic nitrogens is 2. The molecule has 3 rings (SSSR count). The standard InChI is InChI=1S/C21H22N4O5/c1-21(2,3)14-4-7-16(8-5-14)30-13-24-11-10-18(23-24)20(27)22-17-9-6-15(25(28)29)12-19(17)26/h4-12,26H,13H2,1-3H3,(H,22,27). The Balaban J connectivity index is 1.60. The quantitative estimate of drug-likeness (QED) is 0.359. The lowest BCUT2D eigenvalue weighted by Crippen LogP contribution is -2.14. The molecule has 0 spiro atoms. The molecule has 156 valence electrons. The lowest BCUT2D eigenvalue weighted by atomic mass is 9.87. The maximum absolute atomic E-state index is 12.3. The maximum atomic E-state index is 12.3. The van der Waals surface area contributed by atoms with E-state index in [1.165, 1.54) is 28.4 Å². The molecule has 0 unspecified atom stereocenters. The van der Waals surface area contributed by atoms with Gasteiger partial charge in [-0.1, -0.05) is 32.9 Å². The minimum absolute atomic E-state index is 0.0512. The largest absolute Gasteiger partial charge is 0.506 e. The molecule has 0 aliphatic rings. The summed E-state index contributed by atoms with van der Waals surface area (Å²) in [5.41, 5.74) is 1.14. The number of ether oxygens (including phenoxy) is 1. The van der Waals surface area contributed by atoms with Gasteiger partial charge in [-0.25, -0.2) is 4.68 Å². The predicted octanol–water partition coefficient (Wildman–Crippen LogP) is 4.08. The van der Waals surface area contributed by atoms with E-state index in [1.807, 2.05) is 24.3 Å². The van der Waals surface area contributed by atoms with Crippen molar-refractivity contribution in [3.63, 3.8) is 0 Å². The van der Waals surface area contributed by atoms with E-state index in [9.17, 15) is 20.0 Å². The van der Waals surface area contributed by atoms with Gasteiger partial charge < -0.3 is 15.2 Å². The molecule has 9 heteroatoms. The summed E-state index contributed by atoms with van der Waals surface area (Å²) in [5, 5.41) is 27.2. The van der Waals surface area contributed by atoms with Gasteiger partial charge in [-0.15, -0.1) is 0 Å². The maximum Gasteiger partial charge on any atom is 0.276 e. The third-order valence-corrected chi connectivity index (χ3v) is 4.40. The van der Waals surface area contributed by atoms with Crippen molar-refractivity contribution in [1.82, 2.24) is 9.78 Å². The SMILES string of the molecule is CC(C)(C)c1ccc(OCn2ccc(C(=O)Nc3ccc([N+](=O)[O-])cc3O)n2)cc1. The number of phenolic OH excluding ortho intramolecular Hbond substituents is 1. The zero-order valence-corrected chi connectivity index (χ0v) is 16.8. The number of hydrogen-bond donors (Lipinski definition) is 2. The number of nitrogens with zero attached hydrogens (tertiary/aromatic N) is 3. The topological polar surface area (TPSA) is 120 Å². The van der Waals surface area contributed by atoms with Crippen molar-refractivity contribution in [3.8, 4) is 11.5 Å². The summed E-state index contributed by atoms with van der Waals surface area (Å²) in [6, 6.07) is 12.7. The molecule has 0 atom stereocenters. The normalized spacial score (nSPS) is 11.2. The van der Waals surface area contributed by atoms with Crippen molar-refractivity contribution in [2.75, 3.05) is 5.32 Å². The molecule has 0 bridgehead atoms. The smallest absolute Gasteiger partial charge is 0.276 e. The number of carbonyl (C=O) groups excluding carboxylic acids is 1. The van der Waals surface area contributed by atoms with E-state index in [0.29, 0.717) is 5.75 Å². The average Bonchev–Trinajstić information content (AvgIpc) is 3.16. The molecule has 2 N–H and O–H groups in total. The first-order valence-electron chi connectivity index (χ1n) is 9.19. The molecule has 9 nitrogen and oxygen atoms in total. The number of phenols is 1. The average molecular weight is 410 g/mol. The molecule has 2 aromatic carbocycles. The van der Waals surface area contributed by atoms with Crippen LogP contribution in [-0.2, 0) is 12.1 Å². The van der Waals surface area contributed by atoms with Crippen molar-refractivity contribution in [3.05, 3.63) is 76.1 Å². The molecule has 1 aromatic heterocycles. The van der Waals surface area contributed by atoms with Gasteiger partial charge >= 0.3 is 0 Å². The van der Waals surface area contributed by atoms with E-state index < -0.39 is 16.6 Å². The highest BCUT2D eigenvalue weighted by Gasteiger charge is 2.15. The van der Waals surface area contributed by atoms with Crippen LogP contribution < -0.4 is 10.1 Å². The van der Waals surface area contributed by atoms with Crippen LogP contribution in [0.1, 0.15) is 36.8 Å². The van der Waals surface area contributed by atoms with E-state index >= 15 is 0 Å². The first kappa shape index (κ1) is 20.8. The van der Waals surface area contributed by atoms with Crippen LogP contribution in [0.3, 0.4) is 0 Å². The van der Waals surface area contributed by atoms with Crippen molar-refractivity contribution in [1.29, 1.82) is 0 Å². The number of anilines is 1. The van der Waals surface area contributed by atoms with Crippen LogP contribution in [0.4, 0.5) is 11.4 Å². The van der Waals surface area contributed by atoms with Crippen LogP contribution in [-0.4, -0.2) is 25.7 Å². The number of aromatic hydroxyl groups is 1. The van der Waals surface area contributed by atoms with Gasteiger partial charge in [0.25, 0.3) is 11.6 Å². The molecule has 0 fully saturated rings. The first-order valence-corrected chi connectivity index (χ1v) is 9.19. The lowest BCUT2D eigenvalue weighted by molar-refractivity contribution is -0.384. The number of benzene rings is 2. The van der Waals surface area contributed by atoms with Crippen LogP contribution in [0.25, 0.3) is 0 Å². The third-order valence-electron chi connectivity index (χ3n) is 4.40. The number of hydrogen-bond acceptors (Lipinski definition) is 6. The molecule has 30 heavy (non-hydrogen) atoms. The fourth-order valence-corrected chi connectivity index (χ4v) is 2.67. The number of nitro benzene ring substituents is 1. The van der Waals surface area contributed by atoms with E-state index in [4.69, 9.17) is 4.74 Å². The molecule has 0 aliphatic carbocycles. The first-order chi connectivity index (χ1) is 14.1. The molecule has 1 heterocycles. The van der Waals surface area contributed by atoms with Crippen LogP contribution in [0.2, 0.25) is 0 Å². The molecule has 0 radical (unpaired) electrons. The van der Waals surface area contributed by atoms with Crippen LogP contribution in [0, 0.1) is 10.1 Å². The Morgan fingerprint density at radius 2 is 1.90 bits per heavy atom. The molecular weight excluding hydrogens is 388 g/mol.